The molecule has 4 atom stereocenters. The van der Waals surface area contributed by atoms with Gasteiger partial charge in [0.25, 0.3) is 0 Å². The molecule has 2 aliphatic carbocycles. The van der Waals surface area contributed by atoms with Crippen molar-refractivity contribution in [1.29, 1.82) is 0 Å². The van der Waals surface area contributed by atoms with Crippen LogP contribution in [0.1, 0.15) is 83.8 Å². The molecule has 2 saturated carbocycles. The summed E-state index contributed by atoms with van der Waals surface area (Å²) in [6, 6.07) is 5.52. The van der Waals surface area contributed by atoms with Gasteiger partial charge in [0.05, 0.1) is 5.02 Å². The molecular weight excluding hydrogens is 388 g/mol. The number of fused-ring (bicyclic) bond motifs is 1. The quantitative estimate of drug-likeness (QED) is 0.526. The Morgan fingerprint density at radius 3 is 2.69 bits per heavy atom. The van der Waals surface area contributed by atoms with Crippen molar-refractivity contribution in [2.45, 2.75) is 90.1 Å². The molecule has 4 rings (SSSR count). The van der Waals surface area contributed by atoms with Crippen LogP contribution in [-0.2, 0) is 14.3 Å². The Morgan fingerprint density at radius 1 is 1.21 bits per heavy atom. The van der Waals surface area contributed by atoms with Gasteiger partial charge in [0.15, 0.2) is 6.10 Å². The molecule has 2 fully saturated rings. The molecule has 3 aliphatic rings. The first-order valence-electron chi connectivity index (χ1n) is 11.2. The van der Waals surface area contributed by atoms with E-state index in [2.05, 4.69) is 20.8 Å². The smallest absolute Gasteiger partial charge is 0.340 e. The van der Waals surface area contributed by atoms with Crippen LogP contribution in [0.5, 0.6) is 5.75 Å². The molecule has 1 aliphatic heterocycles. The van der Waals surface area contributed by atoms with Gasteiger partial charge in [-0.15, -0.1) is 0 Å². The number of hydrogen-bond acceptors (Lipinski definition) is 4. The molecule has 0 bridgehead atoms. The first kappa shape index (κ1) is 21.0. The summed E-state index contributed by atoms with van der Waals surface area (Å²) in [5.74, 6) is 0.981. The molecule has 1 spiro atoms. The number of para-hydroxylation sites is 1. The van der Waals surface area contributed by atoms with Crippen molar-refractivity contribution in [3.05, 3.63) is 28.8 Å². The first-order chi connectivity index (χ1) is 13.9. The van der Waals surface area contributed by atoms with Crippen LogP contribution in [0.25, 0.3) is 0 Å². The van der Waals surface area contributed by atoms with Gasteiger partial charge >= 0.3 is 5.97 Å². The molecule has 0 amide bonds. The SMILES string of the molecule is CC(C)[C@@H]1CC[C@@H](C)C[C@H]1OC(=O)[C@H]1OC2(CCCCC2)Oc2c(Cl)cccc21. The highest BCUT2D eigenvalue weighted by Gasteiger charge is 2.47. The highest BCUT2D eigenvalue weighted by atomic mass is 35.5. The van der Waals surface area contributed by atoms with Crippen LogP contribution in [-0.4, -0.2) is 17.9 Å². The Morgan fingerprint density at radius 2 is 1.97 bits per heavy atom. The minimum Gasteiger partial charge on any atom is -0.460 e. The van der Waals surface area contributed by atoms with Crippen molar-refractivity contribution in [2.24, 2.45) is 17.8 Å². The van der Waals surface area contributed by atoms with E-state index in [4.69, 9.17) is 25.8 Å². The van der Waals surface area contributed by atoms with E-state index in [0.29, 0.717) is 34.1 Å². The molecular formula is C24H33ClO4. The van der Waals surface area contributed by atoms with Crippen molar-refractivity contribution in [3.63, 3.8) is 0 Å². The third kappa shape index (κ3) is 4.29. The molecule has 5 heteroatoms. The normalized spacial score (nSPS) is 31.2. The maximum Gasteiger partial charge on any atom is 0.340 e. The van der Waals surface area contributed by atoms with E-state index < -0.39 is 11.9 Å². The lowest BCUT2D eigenvalue weighted by atomic mass is 9.75. The second kappa shape index (κ2) is 8.47. The van der Waals surface area contributed by atoms with Crippen LogP contribution in [0.15, 0.2) is 18.2 Å². The van der Waals surface area contributed by atoms with Crippen molar-refractivity contribution in [3.8, 4) is 5.75 Å². The van der Waals surface area contributed by atoms with Gasteiger partial charge in [-0.3, -0.25) is 0 Å². The first-order valence-corrected chi connectivity index (χ1v) is 11.6. The summed E-state index contributed by atoms with van der Waals surface area (Å²) >= 11 is 6.46. The van der Waals surface area contributed by atoms with Crippen LogP contribution in [0.4, 0.5) is 0 Å². The minimum absolute atomic E-state index is 0.0531. The van der Waals surface area contributed by atoms with Crippen molar-refractivity contribution in [2.75, 3.05) is 0 Å². The zero-order valence-electron chi connectivity index (χ0n) is 17.8. The Bertz CT molecular complexity index is 740. The molecule has 0 unspecified atom stereocenters. The van der Waals surface area contributed by atoms with E-state index in [-0.39, 0.29) is 12.1 Å². The number of ether oxygens (including phenoxy) is 3. The zero-order chi connectivity index (χ0) is 20.6. The number of rotatable bonds is 3. The lowest BCUT2D eigenvalue weighted by Gasteiger charge is -2.44. The Kier molecular flexibility index (Phi) is 6.13. The lowest BCUT2D eigenvalue weighted by molar-refractivity contribution is -0.251. The average molecular weight is 421 g/mol. The van der Waals surface area contributed by atoms with Crippen LogP contribution >= 0.6 is 11.6 Å². The van der Waals surface area contributed by atoms with Gasteiger partial charge in [-0.1, -0.05) is 57.3 Å². The molecule has 29 heavy (non-hydrogen) atoms. The van der Waals surface area contributed by atoms with Crippen LogP contribution in [0.2, 0.25) is 5.02 Å². The maximum absolute atomic E-state index is 13.4. The summed E-state index contributed by atoms with van der Waals surface area (Å²) in [6.07, 6.45) is 7.16. The van der Waals surface area contributed by atoms with Gasteiger partial charge < -0.3 is 14.2 Å². The Balaban J connectivity index is 1.60. The van der Waals surface area contributed by atoms with E-state index in [0.717, 1.165) is 44.9 Å². The monoisotopic (exact) mass is 420 g/mol. The van der Waals surface area contributed by atoms with Crippen LogP contribution in [0.3, 0.4) is 0 Å². The fourth-order valence-corrected chi connectivity index (χ4v) is 5.50. The van der Waals surface area contributed by atoms with E-state index in [1.807, 2.05) is 18.2 Å². The summed E-state index contributed by atoms with van der Waals surface area (Å²) in [4.78, 5) is 13.4. The number of carbonyl (C=O) groups excluding carboxylic acids is 1. The van der Waals surface area contributed by atoms with Crippen molar-refractivity contribution >= 4 is 17.6 Å². The van der Waals surface area contributed by atoms with Crippen LogP contribution in [0, 0.1) is 17.8 Å². The van der Waals surface area contributed by atoms with Gasteiger partial charge in [-0.05, 0) is 49.5 Å². The van der Waals surface area contributed by atoms with Crippen molar-refractivity contribution in [1.82, 2.24) is 0 Å². The number of benzene rings is 1. The third-order valence-electron chi connectivity index (χ3n) is 6.96. The number of carbonyl (C=O) groups is 1. The fraction of sp³-hybridized carbons (Fsp3) is 0.708. The summed E-state index contributed by atoms with van der Waals surface area (Å²) in [6.45, 7) is 6.69. The number of esters is 1. The van der Waals surface area contributed by atoms with Gasteiger partial charge in [-0.2, -0.15) is 0 Å². The average Bonchev–Trinajstić information content (AvgIpc) is 2.69. The summed E-state index contributed by atoms with van der Waals surface area (Å²) in [7, 11) is 0. The summed E-state index contributed by atoms with van der Waals surface area (Å²) < 4.78 is 18.8. The molecule has 0 aromatic heterocycles. The topological polar surface area (TPSA) is 44.8 Å². The van der Waals surface area contributed by atoms with Crippen molar-refractivity contribution < 1.29 is 19.0 Å². The lowest BCUT2D eigenvalue weighted by Crippen LogP contribution is -2.47. The van der Waals surface area contributed by atoms with E-state index in [9.17, 15) is 4.79 Å². The van der Waals surface area contributed by atoms with Gasteiger partial charge in [-0.25, -0.2) is 4.79 Å². The molecule has 0 radical (unpaired) electrons. The predicted octanol–water partition coefficient (Wildman–Crippen LogP) is 6.45. The fourth-order valence-electron chi connectivity index (χ4n) is 5.27. The van der Waals surface area contributed by atoms with E-state index in [1.165, 1.54) is 6.42 Å². The third-order valence-corrected chi connectivity index (χ3v) is 7.26. The number of halogens is 1. The molecule has 1 heterocycles. The second-order valence-electron chi connectivity index (χ2n) is 9.53. The Hall–Kier alpha value is -1.26. The molecule has 1 aromatic rings. The van der Waals surface area contributed by atoms with Gasteiger partial charge in [0, 0.05) is 18.4 Å². The molecule has 4 nitrogen and oxygen atoms in total. The zero-order valence-corrected chi connectivity index (χ0v) is 18.5. The number of hydrogen-bond donors (Lipinski definition) is 0. The molecule has 0 saturated heterocycles. The predicted molar refractivity (Wildman–Crippen MR) is 113 cm³/mol. The standard InChI is InChI=1S/C24H33ClO4/c1-15(2)17-11-10-16(3)14-20(17)27-23(26)22-18-8-7-9-19(25)21(18)28-24(29-22)12-5-4-6-13-24/h7-9,15-17,20,22H,4-6,10-14H2,1-3H3/t16-,17+,20-,22+/m1/s1. The van der Waals surface area contributed by atoms with E-state index in [1.54, 1.807) is 0 Å². The minimum atomic E-state index is -0.777. The summed E-state index contributed by atoms with van der Waals surface area (Å²) in [5.41, 5.74) is 0.684. The highest BCUT2D eigenvalue weighted by molar-refractivity contribution is 6.32. The largest absolute Gasteiger partial charge is 0.460 e. The summed E-state index contributed by atoms with van der Waals surface area (Å²) in [5, 5.41) is 0.528. The molecule has 160 valence electrons. The van der Waals surface area contributed by atoms with Gasteiger partial charge in [0.2, 0.25) is 5.79 Å². The molecule has 0 N–H and O–H groups in total. The Labute approximate surface area is 179 Å². The highest BCUT2D eigenvalue weighted by Crippen LogP contribution is 2.48. The van der Waals surface area contributed by atoms with Gasteiger partial charge in [0.1, 0.15) is 11.9 Å². The maximum atomic E-state index is 13.4. The molecule has 1 aromatic carbocycles. The van der Waals surface area contributed by atoms with Crippen LogP contribution < -0.4 is 4.74 Å². The van der Waals surface area contributed by atoms with E-state index >= 15 is 0 Å². The second-order valence-corrected chi connectivity index (χ2v) is 9.94.